The molecule has 0 spiro atoms. The van der Waals surface area contributed by atoms with Gasteiger partial charge in [-0.25, -0.2) is 36.4 Å². The van der Waals surface area contributed by atoms with Gasteiger partial charge in [0.1, 0.15) is 21.5 Å². The zero-order valence-corrected chi connectivity index (χ0v) is 25.7. The van der Waals surface area contributed by atoms with E-state index in [9.17, 15) is 19.2 Å². The third-order valence-electron chi connectivity index (χ3n) is 3.66. The lowest BCUT2D eigenvalue weighted by Gasteiger charge is -2.19. The van der Waals surface area contributed by atoms with E-state index in [1.807, 2.05) is 0 Å². The highest BCUT2D eigenvalue weighted by Gasteiger charge is 2.21. The topological polar surface area (TPSA) is 168 Å². The predicted octanol–water partition coefficient (Wildman–Crippen LogP) is 4.53. The van der Waals surface area contributed by atoms with E-state index in [-0.39, 0.29) is 11.4 Å². The van der Waals surface area contributed by atoms with Gasteiger partial charge in [0.15, 0.2) is 0 Å². The van der Waals surface area contributed by atoms with Crippen LogP contribution in [0.25, 0.3) is 0 Å². The van der Waals surface area contributed by atoms with Gasteiger partial charge in [0.2, 0.25) is 0 Å². The van der Waals surface area contributed by atoms with Gasteiger partial charge >= 0.3 is 24.4 Å². The Morgan fingerprint density at radius 2 is 0.737 bits per heavy atom. The smallest absolute Gasteiger partial charge is 0.297 e. The van der Waals surface area contributed by atoms with Crippen molar-refractivity contribution >= 4 is 93.7 Å². The van der Waals surface area contributed by atoms with Crippen LogP contribution >= 0.6 is 47.8 Å². The van der Waals surface area contributed by atoms with Crippen molar-refractivity contribution in [3.05, 3.63) is 0 Å². The average molecular weight is 615 g/mol. The molecular formula is C18H30N8O8S4. The van der Waals surface area contributed by atoms with Crippen molar-refractivity contribution < 1.29 is 38.5 Å². The minimum absolute atomic E-state index is 0.122. The number of hydrogen-bond acceptors (Lipinski definition) is 16. The molecule has 16 nitrogen and oxygen atoms in total. The summed E-state index contributed by atoms with van der Waals surface area (Å²) >= 11 is 3.98. The lowest BCUT2D eigenvalue weighted by molar-refractivity contribution is 0.129. The Labute approximate surface area is 238 Å². The molecule has 0 rings (SSSR count). The van der Waals surface area contributed by atoms with Crippen molar-refractivity contribution in [2.24, 2.45) is 20.6 Å². The zero-order chi connectivity index (χ0) is 29.4. The molecule has 0 aliphatic rings. The van der Waals surface area contributed by atoms with Crippen molar-refractivity contribution in [2.45, 2.75) is 27.7 Å². The molecule has 0 N–H and O–H groups in total. The van der Waals surface area contributed by atoms with E-state index in [1.54, 1.807) is 26.4 Å². The van der Waals surface area contributed by atoms with E-state index in [0.717, 1.165) is 17.2 Å². The van der Waals surface area contributed by atoms with Crippen LogP contribution in [0.5, 0.6) is 0 Å². The highest BCUT2D eigenvalue weighted by molar-refractivity contribution is 8.13. The standard InChI is InChI=1S/C18H30N8O8S4/c1-11(19-31-15(27)23(5)37-25(7)17(29)33-21-13(3)35-9)12(2)20-32-16(28)24(6)38-26(8)18(30)34-22-14(4)36-10/h1-10H3/b19-11+,20-12+,21-13+,22-14+. The molecule has 0 aromatic rings. The van der Waals surface area contributed by atoms with Crippen LogP contribution in [0, 0.1) is 0 Å². The van der Waals surface area contributed by atoms with Gasteiger partial charge in [0, 0.05) is 28.2 Å². The Hall–Kier alpha value is -2.84. The number of oxime groups is 4. The molecule has 0 aliphatic carbocycles. The number of hydrogen-bond donors (Lipinski definition) is 0. The van der Waals surface area contributed by atoms with E-state index in [4.69, 9.17) is 19.4 Å². The van der Waals surface area contributed by atoms with Crippen LogP contribution in [0.3, 0.4) is 0 Å². The summed E-state index contributed by atoms with van der Waals surface area (Å²) in [5.74, 6) is 0. The Morgan fingerprint density at radius 1 is 0.500 bits per heavy atom. The molecule has 0 bridgehead atoms. The molecule has 0 aromatic heterocycles. The summed E-state index contributed by atoms with van der Waals surface area (Å²) in [6.45, 7) is 6.26. The molecule has 0 heterocycles. The van der Waals surface area contributed by atoms with Crippen LogP contribution in [0.1, 0.15) is 27.7 Å². The zero-order valence-electron chi connectivity index (χ0n) is 22.5. The van der Waals surface area contributed by atoms with Crippen LogP contribution in [0.15, 0.2) is 20.6 Å². The van der Waals surface area contributed by atoms with E-state index in [1.165, 1.54) is 65.6 Å². The normalized spacial score (nSPS) is 12.4. The lowest BCUT2D eigenvalue weighted by Crippen LogP contribution is -2.29. The van der Waals surface area contributed by atoms with Gasteiger partial charge in [0.05, 0.1) is 24.3 Å². The first-order valence-electron chi connectivity index (χ1n) is 10.1. The third kappa shape index (κ3) is 14.2. The van der Waals surface area contributed by atoms with Gasteiger partial charge in [-0.2, -0.15) is 0 Å². The molecule has 20 heteroatoms. The fraction of sp³-hybridized carbons (Fsp3) is 0.556. The van der Waals surface area contributed by atoms with Gasteiger partial charge in [-0.15, -0.1) is 23.5 Å². The summed E-state index contributed by atoms with van der Waals surface area (Å²) in [6, 6.07) is 0. The van der Waals surface area contributed by atoms with Crippen LogP contribution in [0.4, 0.5) is 19.2 Å². The molecule has 0 atom stereocenters. The minimum Gasteiger partial charge on any atom is -0.297 e. The minimum atomic E-state index is -0.911. The maximum Gasteiger partial charge on any atom is 0.447 e. The Balaban J connectivity index is 4.78. The van der Waals surface area contributed by atoms with Crippen molar-refractivity contribution in [2.75, 3.05) is 40.7 Å². The summed E-state index contributed by atoms with van der Waals surface area (Å²) < 4.78 is 4.00. The lowest BCUT2D eigenvalue weighted by atomic mass is 10.3. The number of amides is 4. The number of rotatable bonds is 9. The molecule has 0 fully saturated rings. The fourth-order valence-corrected chi connectivity index (χ4v) is 2.72. The second kappa shape index (κ2) is 18.4. The highest BCUT2D eigenvalue weighted by Crippen LogP contribution is 2.16. The van der Waals surface area contributed by atoms with Crippen molar-refractivity contribution in [3.63, 3.8) is 0 Å². The predicted molar refractivity (Wildman–Crippen MR) is 152 cm³/mol. The van der Waals surface area contributed by atoms with Crippen LogP contribution in [-0.2, 0) is 19.4 Å². The molecule has 214 valence electrons. The van der Waals surface area contributed by atoms with Crippen molar-refractivity contribution in [3.8, 4) is 0 Å². The number of nitrogens with zero attached hydrogens (tertiary/aromatic N) is 8. The maximum absolute atomic E-state index is 12.1. The molecule has 4 amide bonds. The van der Waals surface area contributed by atoms with Gasteiger partial charge in [0.25, 0.3) is 0 Å². The van der Waals surface area contributed by atoms with E-state index >= 15 is 0 Å². The van der Waals surface area contributed by atoms with Gasteiger partial charge < -0.3 is 0 Å². The van der Waals surface area contributed by atoms with Gasteiger partial charge in [-0.1, -0.05) is 20.6 Å². The Bertz CT molecular complexity index is 902. The first-order chi connectivity index (χ1) is 17.7. The summed E-state index contributed by atoms with van der Waals surface area (Å²) in [5, 5.41) is 15.6. The van der Waals surface area contributed by atoms with Crippen LogP contribution in [0.2, 0.25) is 0 Å². The average Bonchev–Trinajstić information content (AvgIpc) is 2.90. The van der Waals surface area contributed by atoms with Crippen LogP contribution in [-0.4, -0.2) is 104 Å². The van der Waals surface area contributed by atoms with Gasteiger partial charge in [-0.05, 0) is 40.2 Å². The first-order valence-corrected chi connectivity index (χ1v) is 14.1. The monoisotopic (exact) mass is 614 g/mol. The fourth-order valence-electron chi connectivity index (χ4n) is 1.36. The third-order valence-corrected chi connectivity index (χ3v) is 6.57. The van der Waals surface area contributed by atoms with Crippen molar-refractivity contribution in [1.82, 2.24) is 17.2 Å². The van der Waals surface area contributed by atoms with E-state index in [0.29, 0.717) is 34.4 Å². The molecule has 0 saturated carbocycles. The molecule has 38 heavy (non-hydrogen) atoms. The number of thioether (sulfide) groups is 2. The number of carbonyl (C=O) groups is 4. The SMILES string of the molecule is CS/C(C)=N/OC(=O)N(C)SN(C)C(=O)O/N=C(C)/C(C)=N/OC(=O)N(C)SN(C)C(=O)O/N=C(\C)SC. The molecular weight excluding hydrogens is 585 g/mol. The maximum atomic E-state index is 12.1. The second-order valence-electron chi connectivity index (χ2n) is 6.56. The summed E-state index contributed by atoms with van der Waals surface area (Å²) in [7, 11) is 5.43. The first kappa shape index (κ1) is 35.2. The number of carbonyl (C=O) groups excluding carboxylic acids is 4. The highest BCUT2D eigenvalue weighted by atomic mass is 32.2. The van der Waals surface area contributed by atoms with Crippen LogP contribution < -0.4 is 0 Å². The van der Waals surface area contributed by atoms with Gasteiger partial charge in [-0.3, -0.25) is 19.4 Å². The molecule has 0 aromatic carbocycles. The van der Waals surface area contributed by atoms with E-state index in [2.05, 4.69) is 20.6 Å². The molecule has 0 aliphatic heterocycles. The Kier molecular flexibility index (Phi) is 17.0. The quantitative estimate of drug-likeness (QED) is 0.117. The van der Waals surface area contributed by atoms with Crippen molar-refractivity contribution in [1.29, 1.82) is 0 Å². The molecule has 0 radical (unpaired) electrons. The summed E-state index contributed by atoms with van der Waals surface area (Å²) in [6.07, 6.45) is 0.111. The largest absolute Gasteiger partial charge is 0.447 e. The molecule has 0 saturated heterocycles. The Morgan fingerprint density at radius 3 is 0.974 bits per heavy atom. The molecule has 0 unspecified atom stereocenters. The second-order valence-corrected chi connectivity index (χ2v) is 11.1. The summed E-state index contributed by atoms with van der Waals surface area (Å²) in [5.41, 5.74) is 0.245. The van der Waals surface area contributed by atoms with E-state index < -0.39 is 24.4 Å². The summed E-state index contributed by atoms with van der Waals surface area (Å²) in [4.78, 5) is 67.1.